The predicted molar refractivity (Wildman–Crippen MR) is 65.1 cm³/mol. The van der Waals surface area contributed by atoms with Crippen molar-refractivity contribution in [3.05, 3.63) is 53.1 Å². The van der Waals surface area contributed by atoms with E-state index in [1.54, 1.807) is 12.3 Å². The van der Waals surface area contributed by atoms with Gasteiger partial charge in [-0.15, -0.1) is 0 Å². The molecule has 2 rings (SSSR count). The molecule has 1 heterocycles. The van der Waals surface area contributed by atoms with E-state index in [4.69, 9.17) is 5.73 Å². The Bertz CT molecular complexity index is 519. The van der Waals surface area contributed by atoms with E-state index in [1.165, 1.54) is 12.1 Å². The van der Waals surface area contributed by atoms with Gasteiger partial charge in [0.15, 0.2) is 0 Å². The third-order valence-electron chi connectivity index (χ3n) is 2.94. The third kappa shape index (κ3) is 2.22. The lowest BCUT2D eigenvalue weighted by Crippen LogP contribution is -2.18. The SMILES string of the molecule is CCn1nccc1C(N)c1cc(F)ccc1C. The Balaban J connectivity index is 2.43. The van der Waals surface area contributed by atoms with Crippen LogP contribution in [0.15, 0.2) is 30.5 Å². The van der Waals surface area contributed by atoms with Gasteiger partial charge in [-0.25, -0.2) is 4.39 Å². The maximum atomic E-state index is 13.3. The van der Waals surface area contributed by atoms with E-state index in [2.05, 4.69) is 5.10 Å². The minimum atomic E-state index is -0.340. The first-order valence-corrected chi connectivity index (χ1v) is 5.66. The summed E-state index contributed by atoms with van der Waals surface area (Å²) in [5.41, 5.74) is 8.88. The molecule has 90 valence electrons. The molecule has 1 unspecified atom stereocenters. The molecule has 1 aromatic carbocycles. The molecule has 0 radical (unpaired) electrons. The van der Waals surface area contributed by atoms with Gasteiger partial charge in [0.2, 0.25) is 0 Å². The second-order valence-corrected chi connectivity index (χ2v) is 4.05. The first-order chi connectivity index (χ1) is 8.13. The average molecular weight is 233 g/mol. The number of nitrogens with two attached hydrogens (primary N) is 1. The summed E-state index contributed by atoms with van der Waals surface area (Å²) in [6.45, 7) is 4.69. The molecule has 0 saturated carbocycles. The molecule has 0 saturated heterocycles. The number of aromatic nitrogens is 2. The summed E-state index contributed by atoms with van der Waals surface area (Å²) in [6.07, 6.45) is 1.72. The van der Waals surface area contributed by atoms with Crippen molar-refractivity contribution in [1.29, 1.82) is 0 Å². The van der Waals surface area contributed by atoms with Crippen molar-refractivity contribution in [2.24, 2.45) is 5.73 Å². The molecule has 3 nitrogen and oxygen atoms in total. The largest absolute Gasteiger partial charge is 0.319 e. The molecule has 4 heteroatoms. The van der Waals surface area contributed by atoms with Gasteiger partial charge in [-0.05, 0) is 43.2 Å². The fourth-order valence-electron chi connectivity index (χ4n) is 1.98. The van der Waals surface area contributed by atoms with Crippen molar-refractivity contribution in [3.63, 3.8) is 0 Å². The molecule has 0 aliphatic carbocycles. The van der Waals surface area contributed by atoms with Gasteiger partial charge in [-0.1, -0.05) is 6.07 Å². The Morgan fingerprint density at radius 3 is 2.88 bits per heavy atom. The van der Waals surface area contributed by atoms with Crippen molar-refractivity contribution >= 4 is 0 Å². The molecule has 0 aliphatic rings. The summed E-state index contributed by atoms with van der Waals surface area (Å²) in [6, 6.07) is 6.22. The van der Waals surface area contributed by atoms with Crippen LogP contribution in [0.2, 0.25) is 0 Å². The minimum Gasteiger partial charge on any atom is -0.319 e. The minimum absolute atomic E-state index is 0.261. The van der Waals surface area contributed by atoms with Gasteiger partial charge >= 0.3 is 0 Å². The molecule has 0 bridgehead atoms. The zero-order valence-electron chi connectivity index (χ0n) is 10.0. The number of benzene rings is 1. The standard InChI is InChI=1S/C13H16FN3/c1-3-17-12(6-7-16-17)13(15)11-8-10(14)5-4-9(11)2/h4-8,13H,3,15H2,1-2H3. The van der Waals surface area contributed by atoms with Crippen molar-refractivity contribution in [1.82, 2.24) is 9.78 Å². The highest BCUT2D eigenvalue weighted by molar-refractivity contribution is 5.34. The van der Waals surface area contributed by atoms with E-state index in [9.17, 15) is 4.39 Å². The Kier molecular flexibility index (Phi) is 3.24. The molecular weight excluding hydrogens is 217 g/mol. The van der Waals surface area contributed by atoms with Gasteiger partial charge in [0.25, 0.3) is 0 Å². The molecule has 1 aromatic heterocycles. The molecule has 0 amide bonds. The molecule has 0 spiro atoms. The van der Waals surface area contributed by atoms with Gasteiger partial charge in [0, 0.05) is 12.7 Å². The second-order valence-electron chi connectivity index (χ2n) is 4.05. The van der Waals surface area contributed by atoms with Crippen molar-refractivity contribution < 1.29 is 4.39 Å². The number of nitrogens with zero attached hydrogens (tertiary/aromatic N) is 2. The monoisotopic (exact) mass is 233 g/mol. The van der Waals surface area contributed by atoms with Crippen LogP contribution in [-0.2, 0) is 6.54 Å². The van der Waals surface area contributed by atoms with Gasteiger partial charge < -0.3 is 5.73 Å². The number of rotatable bonds is 3. The van der Waals surface area contributed by atoms with Crippen LogP contribution in [0.3, 0.4) is 0 Å². The third-order valence-corrected chi connectivity index (χ3v) is 2.94. The van der Waals surface area contributed by atoms with E-state index in [-0.39, 0.29) is 11.9 Å². The predicted octanol–water partition coefficient (Wildman–Crippen LogP) is 2.40. The smallest absolute Gasteiger partial charge is 0.123 e. The second kappa shape index (κ2) is 4.67. The Hall–Kier alpha value is -1.68. The van der Waals surface area contributed by atoms with Crippen LogP contribution in [-0.4, -0.2) is 9.78 Å². The fraction of sp³-hybridized carbons (Fsp3) is 0.308. The average Bonchev–Trinajstić information content (AvgIpc) is 2.79. The summed E-state index contributed by atoms with van der Waals surface area (Å²) in [4.78, 5) is 0. The molecular formula is C13H16FN3. The van der Waals surface area contributed by atoms with E-state index in [0.717, 1.165) is 23.4 Å². The van der Waals surface area contributed by atoms with E-state index in [0.29, 0.717) is 0 Å². The zero-order valence-corrected chi connectivity index (χ0v) is 10.0. The number of halogens is 1. The topological polar surface area (TPSA) is 43.8 Å². The van der Waals surface area contributed by atoms with Crippen LogP contribution >= 0.6 is 0 Å². The van der Waals surface area contributed by atoms with Crippen molar-refractivity contribution in [2.75, 3.05) is 0 Å². The van der Waals surface area contributed by atoms with E-state index < -0.39 is 0 Å². The lowest BCUT2D eigenvalue weighted by atomic mass is 9.99. The molecule has 2 N–H and O–H groups in total. The Labute approximate surface area is 100 Å². The van der Waals surface area contributed by atoms with E-state index >= 15 is 0 Å². The summed E-state index contributed by atoms with van der Waals surface area (Å²) >= 11 is 0. The van der Waals surface area contributed by atoms with Gasteiger partial charge in [-0.2, -0.15) is 5.10 Å². The fourth-order valence-corrected chi connectivity index (χ4v) is 1.98. The first-order valence-electron chi connectivity index (χ1n) is 5.66. The highest BCUT2D eigenvalue weighted by atomic mass is 19.1. The number of hydrogen-bond donors (Lipinski definition) is 1. The molecule has 0 aliphatic heterocycles. The Morgan fingerprint density at radius 1 is 1.41 bits per heavy atom. The van der Waals surface area contributed by atoms with Gasteiger partial charge in [0.1, 0.15) is 5.82 Å². The van der Waals surface area contributed by atoms with Crippen LogP contribution < -0.4 is 5.73 Å². The van der Waals surface area contributed by atoms with Crippen LogP contribution in [0, 0.1) is 12.7 Å². The lowest BCUT2D eigenvalue weighted by Gasteiger charge is -2.16. The van der Waals surface area contributed by atoms with Crippen LogP contribution in [0.25, 0.3) is 0 Å². The van der Waals surface area contributed by atoms with E-state index in [1.807, 2.05) is 24.6 Å². The Morgan fingerprint density at radius 2 is 2.18 bits per heavy atom. The van der Waals surface area contributed by atoms with Crippen LogP contribution in [0.1, 0.15) is 29.8 Å². The number of aryl methyl sites for hydroxylation is 2. The molecule has 1 atom stereocenters. The summed E-state index contributed by atoms with van der Waals surface area (Å²) in [5, 5.41) is 4.18. The van der Waals surface area contributed by atoms with Crippen molar-refractivity contribution in [3.8, 4) is 0 Å². The lowest BCUT2D eigenvalue weighted by molar-refractivity contribution is 0.593. The summed E-state index contributed by atoms with van der Waals surface area (Å²) in [5.74, 6) is -0.261. The summed E-state index contributed by atoms with van der Waals surface area (Å²) < 4.78 is 15.1. The number of hydrogen-bond acceptors (Lipinski definition) is 2. The maximum absolute atomic E-state index is 13.3. The van der Waals surface area contributed by atoms with Crippen molar-refractivity contribution in [2.45, 2.75) is 26.4 Å². The quantitative estimate of drug-likeness (QED) is 0.884. The van der Waals surface area contributed by atoms with Gasteiger partial charge in [0.05, 0.1) is 11.7 Å². The first kappa shape index (κ1) is 11.8. The maximum Gasteiger partial charge on any atom is 0.123 e. The normalized spacial score (nSPS) is 12.7. The molecule has 0 fully saturated rings. The van der Waals surface area contributed by atoms with Crippen LogP contribution in [0.5, 0.6) is 0 Å². The molecule has 2 aromatic rings. The highest BCUT2D eigenvalue weighted by Gasteiger charge is 2.15. The van der Waals surface area contributed by atoms with Crippen LogP contribution in [0.4, 0.5) is 4.39 Å². The zero-order chi connectivity index (χ0) is 12.4. The highest BCUT2D eigenvalue weighted by Crippen LogP contribution is 2.23. The van der Waals surface area contributed by atoms with Gasteiger partial charge in [-0.3, -0.25) is 4.68 Å². The summed E-state index contributed by atoms with van der Waals surface area (Å²) in [7, 11) is 0. The molecule has 17 heavy (non-hydrogen) atoms.